The van der Waals surface area contributed by atoms with Gasteiger partial charge in [-0.25, -0.2) is 0 Å². The van der Waals surface area contributed by atoms with Crippen molar-refractivity contribution >= 4 is 17.6 Å². The van der Waals surface area contributed by atoms with Gasteiger partial charge in [-0.1, -0.05) is 0 Å². The van der Waals surface area contributed by atoms with Crippen LogP contribution in [-0.4, -0.2) is 56.1 Å². The van der Waals surface area contributed by atoms with Crippen molar-refractivity contribution in [2.24, 2.45) is 0 Å². The van der Waals surface area contributed by atoms with Gasteiger partial charge in [-0.15, -0.1) is 0 Å². The fraction of sp³-hybridized carbons (Fsp3) is 0.600. The fourth-order valence-corrected chi connectivity index (χ4v) is 1.24. The Morgan fingerprint density at radius 3 is 2.50 bits per heavy atom. The van der Waals surface area contributed by atoms with E-state index < -0.39 is 0 Å². The molecule has 0 fully saturated rings. The summed E-state index contributed by atoms with van der Waals surface area (Å²) in [5.41, 5.74) is 5.63. The monoisotopic (exact) mass is 224 g/mol. The molecule has 1 rings (SSSR count). The molecular weight excluding hydrogens is 204 g/mol. The summed E-state index contributed by atoms with van der Waals surface area (Å²) in [5.74, 6) is 1.86. The van der Waals surface area contributed by atoms with E-state index in [2.05, 4.69) is 25.1 Å². The van der Waals surface area contributed by atoms with Crippen molar-refractivity contribution in [2.45, 2.75) is 0 Å². The van der Waals surface area contributed by atoms with Gasteiger partial charge < -0.3 is 20.9 Å². The van der Waals surface area contributed by atoms with Crippen molar-refractivity contribution in [1.29, 1.82) is 0 Å². The average Bonchev–Trinajstić information content (AvgIpc) is 2.24. The molecule has 1 heterocycles. The predicted octanol–water partition coefficient (Wildman–Crippen LogP) is 0.0983. The molecule has 3 N–H and O–H groups in total. The highest BCUT2D eigenvalue weighted by atomic mass is 15.2. The van der Waals surface area contributed by atoms with Crippen LogP contribution in [-0.2, 0) is 0 Å². The van der Waals surface area contributed by atoms with Crippen molar-refractivity contribution in [3.63, 3.8) is 0 Å². The van der Waals surface area contributed by atoms with E-state index in [4.69, 9.17) is 5.73 Å². The van der Waals surface area contributed by atoms with Gasteiger partial charge in [0.15, 0.2) is 0 Å². The molecule has 0 aliphatic heterocycles. The second-order valence-corrected chi connectivity index (χ2v) is 3.94. The second-order valence-electron chi connectivity index (χ2n) is 3.94. The molecule has 0 aliphatic carbocycles. The first-order valence-corrected chi connectivity index (χ1v) is 5.21. The van der Waals surface area contributed by atoms with Gasteiger partial charge in [-0.2, -0.15) is 9.97 Å². The molecule has 16 heavy (non-hydrogen) atoms. The Morgan fingerprint density at radius 1 is 1.25 bits per heavy atom. The summed E-state index contributed by atoms with van der Waals surface area (Å²) in [7, 11) is 7.89. The zero-order chi connectivity index (χ0) is 12.1. The lowest BCUT2D eigenvalue weighted by molar-refractivity contribution is 0.416. The predicted molar refractivity (Wildman–Crippen MR) is 67.8 cm³/mol. The highest BCUT2D eigenvalue weighted by Gasteiger charge is 2.06. The van der Waals surface area contributed by atoms with Crippen molar-refractivity contribution in [1.82, 2.24) is 14.9 Å². The Hall–Kier alpha value is -1.56. The summed E-state index contributed by atoms with van der Waals surface area (Å²) in [6, 6.07) is 1.88. The van der Waals surface area contributed by atoms with Crippen LogP contribution in [0.3, 0.4) is 0 Å². The maximum atomic E-state index is 5.63. The van der Waals surface area contributed by atoms with Crippen LogP contribution in [0, 0.1) is 0 Å². The molecule has 1 aromatic heterocycles. The minimum Gasteiger partial charge on any atom is -0.373 e. The Kier molecular flexibility index (Phi) is 4.30. The van der Waals surface area contributed by atoms with Gasteiger partial charge in [0.2, 0.25) is 5.95 Å². The Bertz CT molecular complexity index is 338. The third kappa shape index (κ3) is 3.54. The van der Waals surface area contributed by atoms with Crippen LogP contribution < -0.4 is 16.0 Å². The quantitative estimate of drug-likeness (QED) is 0.739. The minimum atomic E-state index is 0.290. The molecule has 0 unspecified atom stereocenters. The van der Waals surface area contributed by atoms with Crippen LogP contribution >= 0.6 is 0 Å². The van der Waals surface area contributed by atoms with Crippen molar-refractivity contribution in [3.05, 3.63) is 6.07 Å². The van der Waals surface area contributed by atoms with Gasteiger partial charge in [0.25, 0.3) is 0 Å². The maximum absolute atomic E-state index is 5.63. The lowest BCUT2D eigenvalue weighted by atomic mass is 10.4. The number of hydrogen-bond donors (Lipinski definition) is 2. The number of aromatic nitrogens is 2. The van der Waals surface area contributed by atoms with E-state index in [1.165, 1.54) is 0 Å². The SMILES string of the molecule is CNc1cc(N(C)CCN(C)C)nc(N)n1. The molecule has 6 nitrogen and oxygen atoms in total. The van der Waals surface area contributed by atoms with Crippen LogP contribution in [0.25, 0.3) is 0 Å². The molecule has 0 bridgehead atoms. The molecule has 1 aromatic rings. The molecule has 90 valence electrons. The highest BCUT2D eigenvalue weighted by Crippen LogP contribution is 2.14. The summed E-state index contributed by atoms with van der Waals surface area (Å²) >= 11 is 0. The minimum absolute atomic E-state index is 0.290. The van der Waals surface area contributed by atoms with Crippen LogP contribution in [0.1, 0.15) is 0 Å². The first-order valence-electron chi connectivity index (χ1n) is 5.21. The fourth-order valence-electron chi connectivity index (χ4n) is 1.24. The molecule has 0 saturated heterocycles. The number of nitrogens with one attached hydrogen (secondary N) is 1. The number of nitrogens with zero attached hydrogens (tertiary/aromatic N) is 4. The van der Waals surface area contributed by atoms with E-state index in [0.29, 0.717) is 5.95 Å². The largest absolute Gasteiger partial charge is 0.373 e. The average molecular weight is 224 g/mol. The Balaban J connectivity index is 2.74. The standard InChI is InChI=1S/C10H20N6/c1-12-8-7-9(14-10(11)13-8)16(4)6-5-15(2)3/h7H,5-6H2,1-4H3,(H3,11,12,13,14). The van der Waals surface area contributed by atoms with E-state index in [0.717, 1.165) is 24.7 Å². The van der Waals surface area contributed by atoms with Crippen molar-refractivity contribution in [3.8, 4) is 0 Å². The molecule has 0 radical (unpaired) electrons. The number of hydrogen-bond acceptors (Lipinski definition) is 6. The first kappa shape index (κ1) is 12.5. The zero-order valence-electron chi connectivity index (χ0n) is 10.4. The van der Waals surface area contributed by atoms with Gasteiger partial charge in [0, 0.05) is 33.3 Å². The molecule has 6 heteroatoms. The topological polar surface area (TPSA) is 70.3 Å². The van der Waals surface area contributed by atoms with Crippen LogP contribution in [0.5, 0.6) is 0 Å². The van der Waals surface area contributed by atoms with E-state index in [1.54, 1.807) is 0 Å². The highest BCUT2D eigenvalue weighted by molar-refractivity contribution is 5.51. The molecule has 0 aromatic carbocycles. The molecule has 0 atom stereocenters. The molecular formula is C10H20N6. The van der Waals surface area contributed by atoms with Crippen LogP contribution in [0.2, 0.25) is 0 Å². The summed E-state index contributed by atoms with van der Waals surface area (Å²) < 4.78 is 0. The normalized spacial score (nSPS) is 10.6. The first-order chi connectivity index (χ1) is 7.52. The Labute approximate surface area is 96.5 Å². The third-order valence-electron chi connectivity index (χ3n) is 2.26. The van der Waals surface area contributed by atoms with Gasteiger partial charge in [-0.05, 0) is 14.1 Å². The number of nitrogens with two attached hydrogens (primary N) is 1. The van der Waals surface area contributed by atoms with E-state index >= 15 is 0 Å². The lowest BCUT2D eigenvalue weighted by Gasteiger charge is -2.21. The van der Waals surface area contributed by atoms with Crippen molar-refractivity contribution < 1.29 is 0 Å². The Morgan fingerprint density at radius 2 is 1.94 bits per heavy atom. The van der Waals surface area contributed by atoms with Gasteiger partial charge >= 0.3 is 0 Å². The van der Waals surface area contributed by atoms with Crippen LogP contribution in [0.15, 0.2) is 6.07 Å². The van der Waals surface area contributed by atoms with Gasteiger partial charge in [0.1, 0.15) is 11.6 Å². The van der Waals surface area contributed by atoms with E-state index in [9.17, 15) is 0 Å². The summed E-state index contributed by atoms with van der Waals surface area (Å²) in [5, 5.41) is 2.96. The van der Waals surface area contributed by atoms with Crippen LogP contribution in [0.4, 0.5) is 17.6 Å². The van der Waals surface area contributed by atoms with Crippen molar-refractivity contribution in [2.75, 3.05) is 57.2 Å². The molecule has 0 spiro atoms. The van der Waals surface area contributed by atoms with E-state index in [1.807, 2.05) is 34.3 Å². The van der Waals surface area contributed by atoms with Gasteiger partial charge in [-0.3, -0.25) is 0 Å². The summed E-state index contributed by atoms with van der Waals surface area (Å²) in [6.45, 7) is 1.86. The summed E-state index contributed by atoms with van der Waals surface area (Å²) in [6.07, 6.45) is 0. The number of anilines is 3. The lowest BCUT2D eigenvalue weighted by Crippen LogP contribution is -2.29. The smallest absolute Gasteiger partial charge is 0.223 e. The van der Waals surface area contributed by atoms with E-state index in [-0.39, 0.29) is 0 Å². The molecule has 0 saturated carbocycles. The molecule has 0 amide bonds. The maximum Gasteiger partial charge on any atom is 0.223 e. The third-order valence-corrected chi connectivity index (χ3v) is 2.26. The molecule has 0 aliphatic rings. The number of nitrogen functional groups attached to an aromatic ring is 1. The zero-order valence-corrected chi connectivity index (χ0v) is 10.4. The second kappa shape index (κ2) is 5.50. The summed E-state index contributed by atoms with van der Waals surface area (Å²) in [4.78, 5) is 12.4. The number of likely N-dealkylation sites (N-methyl/N-ethyl adjacent to an activating group) is 2. The van der Waals surface area contributed by atoms with Gasteiger partial charge in [0.05, 0.1) is 0 Å². The number of rotatable bonds is 5.